The van der Waals surface area contributed by atoms with Crippen LogP contribution in [0.1, 0.15) is 29.0 Å². The summed E-state index contributed by atoms with van der Waals surface area (Å²) in [7, 11) is 4.11. The van der Waals surface area contributed by atoms with Crippen LogP contribution in [-0.2, 0) is 0 Å². The largest absolute Gasteiger partial charge is 0.471 e. The summed E-state index contributed by atoms with van der Waals surface area (Å²) in [5.41, 5.74) is 4.74. The Balaban J connectivity index is 1.62. The second kappa shape index (κ2) is 7.26. The second-order valence-electron chi connectivity index (χ2n) is 7.69. The van der Waals surface area contributed by atoms with Gasteiger partial charge in [0.25, 0.3) is 0 Å². The predicted octanol–water partition coefficient (Wildman–Crippen LogP) is 5.68. The molecule has 0 radical (unpaired) electrons. The molecule has 2 atom stereocenters. The van der Waals surface area contributed by atoms with Crippen LogP contribution in [0.25, 0.3) is 10.8 Å². The van der Waals surface area contributed by atoms with Gasteiger partial charge in [0.15, 0.2) is 6.23 Å². The van der Waals surface area contributed by atoms with E-state index in [1.165, 1.54) is 27.6 Å². The number of benzene rings is 4. The molecule has 0 fully saturated rings. The smallest absolute Gasteiger partial charge is 0.177 e. The molecule has 2 unspecified atom stereocenters. The highest BCUT2D eigenvalue weighted by Crippen LogP contribution is 2.42. The topological polar surface area (TPSA) is 24.5 Å². The lowest BCUT2D eigenvalue weighted by atomic mass is 9.91. The fourth-order valence-corrected chi connectivity index (χ4v) is 4.09. The molecule has 0 aliphatic carbocycles. The van der Waals surface area contributed by atoms with Gasteiger partial charge < -0.3 is 9.64 Å². The maximum Gasteiger partial charge on any atom is 0.177 e. The van der Waals surface area contributed by atoms with E-state index in [2.05, 4.69) is 115 Å². The van der Waals surface area contributed by atoms with Crippen LogP contribution >= 0.6 is 0 Å². The van der Waals surface area contributed by atoms with Crippen LogP contribution in [0.15, 0.2) is 91.0 Å². The summed E-state index contributed by atoms with van der Waals surface area (Å²) in [5.74, 6) is 0.943. The van der Waals surface area contributed by atoms with Crippen molar-refractivity contribution in [2.45, 2.75) is 12.3 Å². The van der Waals surface area contributed by atoms with Crippen molar-refractivity contribution in [3.8, 4) is 5.75 Å². The van der Waals surface area contributed by atoms with E-state index in [4.69, 9.17) is 4.74 Å². The van der Waals surface area contributed by atoms with Crippen molar-refractivity contribution in [1.29, 1.82) is 0 Å². The minimum Gasteiger partial charge on any atom is -0.471 e. The van der Waals surface area contributed by atoms with Gasteiger partial charge in [0.2, 0.25) is 0 Å². The monoisotopic (exact) mass is 380 g/mol. The third-order valence-electron chi connectivity index (χ3n) is 5.63. The first kappa shape index (κ1) is 17.8. The molecule has 1 heterocycles. The molecule has 4 aromatic carbocycles. The van der Waals surface area contributed by atoms with Gasteiger partial charge in [-0.25, -0.2) is 0 Å². The summed E-state index contributed by atoms with van der Waals surface area (Å²) in [6.07, 6.45) is -0.204. The van der Waals surface area contributed by atoms with Crippen LogP contribution in [0.2, 0.25) is 0 Å². The van der Waals surface area contributed by atoms with E-state index in [9.17, 15) is 0 Å². The van der Waals surface area contributed by atoms with E-state index < -0.39 is 0 Å². The van der Waals surface area contributed by atoms with E-state index in [0.717, 1.165) is 11.3 Å². The van der Waals surface area contributed by atoms with Crippen molar-refractivity contribution in [3.63, 3.8) is 0 Å². The molecule has 1 N–H and O–H groups in total. The molecule has 0 amide bonds. The van der Waals surface area contributed by atoms with E-state index in [1.807, 2.05) is 0 Å². The zero-order chi connectivity index (χ0) is 19.8. The van der Waals surface area contributed by atoms with Crippen molar-refractivity contribution in [2.75, 3.05) is 19.0 Å². The quantitative estimate of drug-likeness (QED) is 0.495. The average molecular weight is 380 g/mol. The Bertz CT molecular complexity index is 1140. The number of nitrogens with one attached hydrogen (secondary N) is 1. The number of rotatable bonds is 3. The van der Waals surface area contributed by atoms with E-state index in [-0.39, 0.29) is 12.3 Å². The molecule has 0 aromatic heterocycles. The van der Waals surface area contributed by atoms with Gasteiger partial charge in [-0.3, -0.25) is 5.32 Å². The van der Waals surface area contributed by atoms with Crippen molar-refractivity contribution in [3.05, 3.63) is 108 Å². The molecule has 0 spiro atoms. The lowest BCUT2D eigenvalue weighted by Gasteiger charge is -2.35. The highest BCUT2D eigenvalue weighted by molar-refractivity contribution is 5.89. The first-order valence-corrected chi connectivity index (χ1v) is 9.97. The maximum atomic E-state index is 6.45. The number of fused-ring (bicyclic) bond motifs is 3. The third kappa shape index (κ3) is 3.24. The Morgan fingerprint density at radius 1 is 0.724 bits per heavy atom. The molecule has 0 saturated carbocycles. The van der Waals surface area contributed by atoms with Gasteiger partial charge in [0.1, 0.15) is 5.75 Å². The van der Waals surface area contributed by atoms with Gasteiger partial charge in [-0.2, -0.15) is 0 Å². The Hall–Kier alpha value is -3.30. The average Bonchev–Trinajstić information content (AvgIpc) is 2.78. The summed E-state index contributed by atoms with van der Waals surface area (Å²) in [5, 5.41) is 6.20. The van der Waals surface area contributed by atoms with Gasteiger partial charge in [0.05, 0.1) is 6.04 Å². The highest BCUT2D eigenvalue weighted by Gasteiger charge is 2.31. The zero-order valence-corrected chi connectivity index (χ0v) is 16.7. The highest BCUT2D eigenvalue weighted by atomic mass is 16.5. The van der Waals surface area contributed by atoms with Crippen molar-refractivity contribution < 1.29 is 4.74 Å². The molecule has 4 aromatic rings. The SMILES string of the molecule is CN(C)c1ccc(C2NC(c3ccccc3)c3c(ccc4ccccc34)O2)cc1. The third-order valence-corrected chi connectivity index (χ3v) is 5.63. The van der Waals surface area contributed by atoms with Crippen LogP contribution < -0.4 is 15.0 Å². The van der Waals surface area contributed by atoms with Crippen LogP contribution in [-0.4, -0.2) is 14.1 Å². The number of nitrogens with zero attached hydrogens (tertiary/aromatic N) is 1. The summed E-state index contributed by atoms with van der Waals surface area (Å²) in [4.78, 5) is 2.10. The summed E-state index contributed by atoms with van der Waals surface area (Å²) in [6, 6.07) is 32.0. The van der Waals surface area contributed by atoms with Gasteiger partial charge in [-0.05, 0) is 34.5 Å². The van der Waals surface area contributed by atoms with Crippen molar-refractivity contribution in [2.24, 2.45) is 0 Å². The minimum absolute atomic E-state index is 0.0598. The number of anilines is 1. The van der Waals surface area contributed by atoms with E-state index >= 15 is 0 Å². The Kier molecular flexibility index (Phi) is 4.45. The first-order valence-electron chi connectivity index (χ1n) is 9.97. The molecule has 1 aliphatic heterocycles. The van der Waals surface area contributed by atoms with E-state index in [1.54, 1.807) is 0 Å². The zero-order valence-electron chi connectivity index (χ0n) is 16.7. The van der Waals surface area contributed by atoms with E-state index in [0.29, 0.717) is 0 Å². The molecule has 0 bridgehead atoms. The lowest BCUT2D eigenvalue weighted by Crippen LogP contribution is -2.35. The first-order chi connectivity index (χ1) is 14.2. The molecular formula is C26H24N2O. The van der Waals surface area contributed by atoms with Crippen LogP contribution in [0.5, 0.6) is 5.75 Å². The molecule has 29 heavy (non-hydrogen) atoms. The van der Waals surface area contributed by atoms with Gasteiger partial charge in [-0.15, -0.1) is 0 Å². The maximum absolute atomic E-state index is 6.45. The number of ether oxygens (including phenoxy) is 1. The molecule has 3 nitrogen and oxygen atoms in total. The van der Waals surface area contributed by atoms with Gasteiger partial charge >= 0.3 is 0 Å². The van der Waals surface area contributed by atoms with Crippen LogP contribution in [0.3, 0.4) is 0 Å². The van der Waals surface area contributed by atoms with Crippen LogP contribution in [0.4, 0.5) is 5.69 Å². The van der Waals surface area contributed by atoms with Gasteiger partial charge in [0, 0.05) is 30.9 Å². The fraction of sp³-hybridized carbons (Fsp3) is 0.154. The van der Waals surface area contributed by atoms with Crippen LogP contribution in [0, 0.1) is 0 Å². The Labute approximate surface area is 171 Å². The molecule has 3 heteroatoms. The van der Waals surface area contributed by atoms with Crippen molar-refractivity contribution >= 4 is 16.5 Å². The summed E-state index contributed by atoms with van der Waals surface area (Å²) in [6.45, 7) is 0. The number of hydrogen-bond donors (Lipinski definition) is 1. The molecule has 5 rings (SSSR count). The van der Waals surface area contributed by atoms with Gasteiger partial charge in [-0.1, -0.05) is 72.8 Å². The molecule has 0 saturated heterocycles. The molecule has 1 aliphatic rings. The summed E-state index contributed by atoms with van der Waals surface area (Å²) >= 11 is 0. The molecular weight excluding hydrogens is 356 g/mol. The lowest BCUT2D eigenvalue weighted by molar-refractivity contribution is 0.134. The fourth-order valence-electron chi connectivity index (χ4n) is 4.09. The number of hydrogen-bond acceptors (Lipinski definition) is 3. The van der Waals surface area contributed by atoms with Crippen molar-refractivity contribution in [1.82, 2.24) is 5.32 Å². The Morgan fingerprint density at radius 2 is 1.45 bits per heavy atom. The minimum atomic E-state index is -0.204. The standard InChI is InChI=1S/C26H24N2O/c1-28(2)21-15-12-20(13-16-21)26-27-25(19-9-4-3-5-10-19)24-22-11-7-6-8-18(22)14-17-23(24)29-26/h3-17,25-27H,1-2H3. The molecule has 144 valence electrons. The summed E-state index contributed by atoms with van der Waals surface area (Å²) < 4.78 is 6.45. The Morgan fingerprint density at radius 3 is 2.21 bits per heavy atom. The normalized spacial score (nSPS) is 18.1. The second-order valence-corrected chi connectivity index (χ2v) is 7.69. The predicted molar refractivity (Wildman–Crippen MR) is 120 cm³/mol.